The first-order chi connectivity index (χ1) is 13.9. The number of benzene rings is 1. The van der Waals surface area contributed by atoms with Crippen molar-refractivity contribution in [2.24, 2.45) is 0 Å². The molecular formula is C20H26N4O4S. The monoisotopic (exact) mass is 418 g/mol. The minimum atomic E-state index is -0.298. The number of carbonyl (C=O) groups is 3. The highest BCUT2D eigenvalue weighted by atomic mass is 32.1. The molecule has 1 aromatic carbocycles. The number of anilines is 2. The van der Waals surface area contributed by atoms with Crippen molar-refractivity contribution in [1.82, 2.24) is 10.3 Å². The third-order valence-corrected chi connectivity index (χ3v) is 4.81. The number of carbonyl (C=O) groups excluding carboxylic acids is 3. The number of amides is 3. The van der Waals surface area contributed by atoms with Crippen molar-refractivity contribution < 1.29 is 19.1 Å². The molecule has 9 heteroatoms. The molecule has 0 saturated heterocycles. The first-order valence-electron chi connectivity index (χ1n) is 9.23. The highest BCUT2D eigenvalue weighted by Gasteiger charge is 2.21. The Kier molecular flexibility index (Phi) is 8.75. The van der Waals surface area contributed by atoms with Gasteiger partial charge in [0, 0.05) is 43.8 Å². The molecule has 1 heterocycles. The number of nitrogens with one attached hydrogen (secondary N) is 2. The summed E-state index contributed by atoms with van der Waals surface area (Å²) in [7, 11) is 1.55. The molecule has 0 radical (unpaired) electrons. The molecule has 2 aromatic rings. The van der Waals surface area contributed by atoms with Crippen LogP contribution in [0.5, 0.6) is 0 Å². The number of hydrogen-bond acceptors (Lipinski definition) is 6. The maximum absolute atomic E-state index is 12.9. The Balaban J connectivity index is 2.05. The lowest BCUT2D eigenvalue weighted by Crippen LogP contribution is -2.42. The van der Waals surface area contributed by atoms with Crippen molar-refractivity contribution in [3.63, 3.8) is 0 Å². The van der Waals surface area contributed by atoms with Crippen molar-refractivity contribution in [3.8, 4) is 0 Å². The molecule has 0 fully saturated rings. The van der Waals surface area contributed by atoms with Gasteiger partial charge >= 0.3 is 0 Å². The molecule has 156 valence electrons. The van der Waals surface area contributed by atoms with Gasteiger partial charge in [0.2, 0.25) is 17.7 Å². The fourth-order valence-corrected chi connectivity index (χ4v) is 3.28. The molecule has 2 rings (SSSR count). The zero-order chi connectivity index (χ0) is 21.2. The van der Waals surface area contributed by atoms with E-state index in [2.05, 4.69) is 15.6 Å². The lowest BCUT2D eigenvalue weighted by Gasteiger charge is -2.24. The van der Waals surface area contributed by atoms with Crippen molar-refractivity contribution in [3.05, 3.63) is 40.9 Å². The molecule has 29 heavy (non-hydrogen) atoms. The number of aromatic nitrogens is 1. The molecule has 1 aromatic heterocycles. The molecule has 3 amide bonds. The molecule has 0 atom stereocenters. The van der Waals surface area contributed by atoms with Gasteiger partial charge in [0.25, 0.3) is 0 Å². The van der Waals surface area contributed by atoms with Gasteiger partial charge in [-0.05, 0) is 25.5 Å². The Bertz CT molecular complexity index is 839. The van der Waals surface area contributed by atoms with E-state index in [1.165, 1.54) is 16.2 Å². The number of hydrogen-bond donors (Lipinski definition) is 2. The molecule has 0 unspecified atom stereocenters. The second-order valence-corrected chi connectivity index (χ2v) is 7.39. The fourth-order valence-electron chi connectivity index (χ4n) is 2.73. The van der Waals surface area contributed by atoms with E-state index in [0.717, 1.165) is 11.1 Å². The minimum Gasteiger partial charge on any atom is -0.383 e. The molecule has 8 nitrogen and oxygen atoms in total. The van der Waals surface area contributed by atoms with Gasteiger partial charge in [0.15, 0.2) is 5.13 Å². The highest BCUT2D eigenvalue weighted by molar-refractivity contribution is 7.13. The first kappa shape index (κ1) is 22.5. The number of methoxy groups -OCH3 is 1. The highest BCUT2D eigenvalue weighted by Crippen LogP contribution is 2.22. The number of ether oxygens (including phenoxy) is 1. The molecular weight excluding hydrogens is 392 g/mol. The number of nitrogens with zero attached hydrogens (tertiary/aromatic N) is 2. The van der Waals surface area contributed by atoms with Gasteiger partial charge in [-0.15, -0.1) is 11.3 Å². The van der Waals surface area contributed by atoms with Crippen LogP contribution in [0.15, 0.2) is 29.8 Å². The molecule has 0 aliphatic heterocycles. The lowest BCUT2D eigenvalue weighted by molar-refractivity contribution is -0.125. The van der Waals surface area contributed by atoms with E-state index < -0.39 is 0 Å². The fraction of sp³-hybridized carbons (Fsp3) is 0.400. The van der Waals surface area contributed by atoms with Crippen LogP contribution in [0.4, 0.5) is 10.8 Å². The van der Waals surface area contributed by atoms with Crippen LogP contribution in [0.25, 0.3) is 0 Å². The minimum absolute atomic E-state index is 0.00508. The third-order valence-electron chi connectivity index (χ3n) is 4.12. The average molecular weight is 419 g/mol. The summed E-state index contributed by atoms with van der Waals surface area (Å²) >= 11 is 1.31. The average Bonchev–Trinajstić information content (AvgIpc) is 3.18. The van der Waals surface area contributed by atoms with E-state index in [0.29, 0.717) is 24.0 Å². The van der Waals surface area contributed by atoms with Crippen molar-refractivity contribution in [2.75, 3.05) is 37.0 Å². The molecule has 0 saturated carbocycles. The zero-order valence-corrected chi connectivity index (χ0v) is 17.7. The van der Waals surface area contributed by atoms with Gasteiger partial charge < -0.3 is 20.3 Å². The normalized spacial score (nSPS) is 10.4. The Morgan fingerprint density at radius 2 is 1.97 bits per heavy atom. The molecule has 2 N–H and O–H groups in total. The van der Waals surface area contributed by atoms with E-state index in [1.54, 1.807) is 18.7 Å². The van der Waals surface area contributed by atoms with Gasteiger partial charge in [-0.1, -0.05) is 17.7 Å². The van der Waals surface area contributed by atoms with Crippen LogP contribution < -0.4 is 15.5 Å². The van der Waals surface area contributed by atoms with Crippen molar-refractivity contribution >= 4 is 39.9 Å². The quantitative estimate of drug-likeness (QED) is 0.577. The summed E-state index contributed by atoms with van der Waals surface area (Å²) < 4.78 is 4.93. The summed E-state index contributed by atoms with van der Waals surface area (Å²) in [4.78, 5) is 42.7. The van der Waals surface area contributed by atoms with Crippen LogP contribution in [0.2, 0.25) is 0 Å². The third kappa shape index (κ3) is 7.28. The standard InChI is InChI=1S/C20H26N4O4S/c1-14-4-5-16(15(2)12-14)24(13-18(26)21-8-10-28-3)19(27)7-6-17(25)23-20-22-9-11-29-20/h4-5,9,11-12H,6-8,10,13H2,1-3H3,(H,21,26)(H,22,23,25). The number of aryl methyl sites for hydroxylation is 2. The SMILES string of the molecule is COCCNC(=O)CN(C(=O)CCC(=O)Nc1nccs1)c1ccc(C)cc1C. The summed E-state index contributed by atoms with van der Waals surface area (Å²) in [6.45, 7) is 4.48. The molecule has 0 bridgehead atoms. The summed E-state index contributed by atoms with van der Waals surface area (Å²) in [5.41, 5.74) is 2.60. The Labute approximate surface area is 174 Å². The van der Waals surface area contributed by atoms with Crippen LogP contribution in [0.3, 0.4) is 0 Å². The van der Waals surface area contributed by atoms with Gasteiger partial charge in [0.1, 0.15) is 6.54 Å². The molecule has 0 spiro atoms. The maximum atomic E-state index is 12.9. The molecule has 0 aliphatic carbocycles. The summed E-state index contributed by atoms with van der Waals surface area (Å²) in [5, 5.41) is 7.62. The number of rotatable bonds is 10. The van der Waals surface area contributed by atoms with Crippen LogP contribution in [-0.4, -0.2) is 49.5 Å². The zero-order valence-electron chi connectivity index (χ0n) is 16.9. The van der Waals surface area contributed by atoms with Crippen LogP contribution in [0.1, 0.15) is 24.0 Å². The van der Waals surface area contributed by atoms with Crippen LogP contribution >= 0.6 is 11.3 Å². The van der Waals surface area contributed by atoms with Crippen LogP contribution in [0, 0.1) is 13.8 Å². The summed E-state index contributed by atoms with van der Waals surface area (Å²) in [6.07, 6.45) is 1.58. The van der Waals surface area contributed by atoms with Gasteiger partial charge in [-0.2, -0.15) is 0 Å². The second-order valence-electron chi connectivity index (χ2n) is 6.50. The predicted octanol–water partition coefficient (Wildman–Crippen LogP) is 2.27. The topological polar surface area (TPSA) is 101 Å². The van der Waals surface area contributed by atoms with E-state index in [4.69, 9.17) is 4.74 Å². The van der Waals surface area contributed by atoms with Crippen molar-refractivity contribution in [1.29, 1.82) is 0 Å². The predicted molar refractivity (Wildman–Crippen MR) is 113 cm³/mol. The van der Waals surface area contributed by atoms with Gasteiger partial charge in [-0.3, -0.25) is 14.4 Å². The summed E-state index contributed by atoms with van der Waals surface area (Å²) in [6, 6.07) is 5.66. The smallest absolute Gasteiger partial charge is 0.240 e. The second kappa shape index (κ2) is 11.3. The van der Waals surface area contributed by atoms with E-state index >= 15 is 0 Å². The van der Waals surface area contributed by atoms with E-state index in [1.807, 2.05) is 32.0 Å². The largest absolute Gasteiger partial charge is 0.383 e. The van der Waals surface area contributed by atoms with E-state index in [-0.39, 0.29) is 37.1 Å². The molecule has 0 aliphatic rings. The summed E-state index contributed by atoms with van der Waals surface area (Å²) in [5.74, 6) is -0.880. The Morgan fingerprint density at radius 3 is 2.62 bits per heavy atom. The Hall–Kier alpha value is -2.78. The van der Waals surface area contributed by atoms with Crippen molar-refractivity contribution in [2.45, 2.75) is 26.7 Å². The Morgan fingerprint density at radius 1 is 1.17 bits per heavy atom. The maximum Gasteiger partial charge on any atom is 0.240 e. The van der Waals surface area contributed by atoms with E-state index in [9.17, 15) is 14.4 Å². The number of thiazole rings is 1. The van der Waals surface area contributed by atoms with Gasteiger partial charge in [0.05, 0.1) is 6.61 Å². The first-order valence-corrected chi connectivity index (χ1v) is 10.1. The van der Waals surface area contributed by atoms with Crippen LogP contribution in [-0.2, 0) is 19.1 Å². The van der Waals surface area contributed by atoms with Gasteiger partial charge in [-0.25, -0.2) is 4.98 Å². The lowest BCUT2D eigenvalue weighted by atomic mass is 10.1.